The first-order valence-electron chi connectivity index (χ1n) is 10.5. The molecule has 0 aliphatic heterocycles. The second-order valence-electron chi connectivity index (χ2n) is 8.24. The summed E-state index contributed by atoms with van der Waals surface area (Å²) in [5, 5.41) is 1.02. The van der Waals surface area contributed by atoms with Crippen LogP contribution in [0, 0.1) is 13.8 Å². The number of aryl methyl sites for hydroxylation is 2. The Morgan fingerprint density at radius 2 is 1.87 bits per heavy atom. The molecule has 1 saturated carbocycles. The van der Waals surface area contributed by atoms with Gasteiger partial charge in [0, 0.05) is 22.5 Å². The molecule has 1 fully saturated rings. The van der Waals surface area contributed by atoms with Crippen LogP contribution >= 0.6 is 0 Å². The Balaban J connectivity index is 1.75. The van der Waals surface area contributed by atoms with E-state index in [1.54, 1.807) is 19.2 Å². The van der Waals surface area contributed by atoms with Crippen LogP contribution in [0.3, 0.4) is 0 Å². The number of pyridine rings is 1. The third-order valence-electron chi connectivity index (χ3n) is 6.09. The summed E-state index contributed by atoms with van der Waals surface area (Å²) in [4.78, 5) is 31.3. The molecule has 1 aliphatic rings. The lowest BCUT2D eigenvalue weighted by atomic mass is 10.0. The molecule has 1 N–H and O–H groups in total. The fourth-order valence-electron chi connectivity index (χ4n) is 4.58. The number of hydrogen-bond acceptors (Lipinski definition) is 3. The molecule has 5 heteroatoms. The maximum atomic E-state index is 13.5. The third-order valence-corrected chi connectivity index (χ3v) is 6.09. The van der Waals surface area contributed by atoms with Crippen molar-refractivity contribution in [1.29, 1.82) is 0 Å². The van der Waals surface area contributed by atoms with Gasteiger partial charge in [0.1, 0.15) is 5.75 Å². The first-order valence-corrected chi connectivity index (χ1v) is 10.5. The standard InChI is InChI=1S/C25H28N2O3/c1-16-12-17(2)21-14-18(24(28)26-22(21)13-16)15-27(19-8-4-5-9-19)25(29)20-10-6-7-11-23(20)30-3/h6-7,10-14,19H,4-5,8-9,15H2,1-3H3,(H,26,28). The predicted molar refractivity (Wildman–Crippen MR) is 119 cm³/mol. The van der Waals surface area contributed by atoms with E-state index in [4.69, 9.17) is 4.74 Å². The van der Waals surface area contributed by atoms with Crippen molar-refractivity contribution in [2.75, 3.05) is 7.11 Å². The molecule has 1 aromatic heterocycles. The monoisotopic (exact) mass is 404 g/mol. The van der Waals surface area contributed by atoms with E-state index in [1.165, 1.54) is 0 Å². The van der Waals surface area contributed by atoms with Gasteiger partial charge in [0.25, 0.3) is 11.5 Å². The average Bonchev–Trinajstić information content (AvgIpc) is 3.26. The number of nitrogens with one attached hydrogen (secondary N) is 1. The van der Waals surface area contributed by atoms with Crippen LogP contribution in [0.25, 0.3) is 10.9 Å². The molecule has 3 aromatic rings. The molecule has 1 aliphatic carbocycles. The maximum absolute atomic E-state index is 13.5. The summed E-state index contributed by atoms with van der Waals surface area (Å²) in [6.07, 6.45) is 4.13. The second kappa shape index (κ2) is 8.34. The Morgan fingerprint density at radius 1 is 1.13 bits per heavy atom. The van der Waals surface area contributed by atoms with Crippen molar-refractivity contribution in [2.45, 2.75) is 52.1 Å². The van der Waals surface area contributed by atoms with Crippen molar-refractivity contribution in [3.8, 4) is 5.75 Å². The summed E-state index contributed by atoms with van der Waals surface area (Å²) in [5.41, 5.74) is 4.09. The number of ether oxygens (including phenoxy) is 1. The van der Waals surface area contributed by atoms with Crippen LogP contribution in [0.2, 0.25) is 0 Å². The van der Waals surface area contributed by atoms with Gasteiger partial charge in [-0.25, -0.2) is 0 Å². The minimum atomic E-state index is -0.136. The van der Waals surface area contributed by atoms with Crippen molar-refractivity contribution < 1.29 is 9.53 Å². The summed E-state index contributed by atoms with van der Waals surface area (Å²) in [7, 11) is 1.57. The molecule has 0 atom stereocenters. The largest absolute Gasteiger partial charge is 0.496 e. The SMILES string of the molecule is COc1ccccc1C(=O)N(Cc1cc2c(C)cc(C)cc2[nH]c1=O)C1CCCC1. The van der Waals surface area contributed by atoms with Gasteiger partial charge in [0.2, 0.25) is 0 Å². The van der Waals surface area contributed by atoms with Crippen LogP contribution in [-0.4, -0.2) is 28.9 Å². The molecule has 156 valence electrons. The van der Waals surface area contributed by atoms with Gasteiger partial charge in [0.05, 0.1) is 19.2 Å². The Labute approximate surface area is 176 Å². The molecule has 1 amide bonds. The summed E-state index contributed by atoms with van der Waals surface area (Å²) >= 11 is 0. The van der Waals surface area contributed by atoms with Crippen molar-refractivity contribution in [1.82, 2.24) is 9.88 Å². The van der Waals surface area contributed by atoms with Crippen LogP contribution in [0.4, 0.5) is 0 Å². The third kappa shape index (κ3) is 3.84. The van der Waals surface area contributed by atoms with E-state index in [-0.39, 0.29) is 17.5 Å². The Hall–Kier alpha value is -3.08. The number of para-hydroxylation sites is 1. The number of rotatable bonds is 5. The number of carbonyl (C=O) groups excluding carboxylic acids is 1. The second-order valence-corrected chi connectivity index (χ2v) is 8.24. The number of H-pyrrole nitrogens is 1. The van der Waals surface area contributed by atoms with Gasteiger partial charge in [-0.2, -0.15) is 0 Å². The molecule has 30 heavy (non-hydrogen) atoms. The Kier molecular flexibility index (Phi) is 5.62. The zero-order valence-corrected chi connectivity index (χ0v) is 17.8. The quantitative estimate of drug-likeness (QED) is 0.668. The van der Waals surface area contributed by atoms with E-state index in [0.29, 0.717) is 23.4 Å². The lowest BCUT2D eigenvalue weighted by molar-refractivity contribution is 0.0660. The molecule has 0 bridgehead atoms. The molecule has 0 saturated heterocycles. The Morgan fingerprint density at radius 3 is 2.60 bits per heavy atom. The molecular weight excluding hydrogens is 376 g/mol. The highest BCUT2D eigenvalue weighted by Crippen LogP contribution is 2.29. The van der Waals surface area contributed by atoms with Gasteiger partial charge in [-0.05, 0) is 62.1 Å². The lowest BCUT2D eigenvalue weighted by Gasteiger charge is -2.29. The molecule has 2 aromatic carbocycles. The van der Waals surface area contributed by atoms with Gasteiger partial charge in [-0.1, -0.05) is 31.0 Å². The fraction of sp³-hybridized carbons (Fsp3) is 0.360. The van der Waals surface area contributed by atoms with E-state index in [1.807, 2.05) is 43.0 Å². The number of benzene rings is 2. The number of carbonyl (C=O) groups is 1. The number of fused-ring (bicyclic) bond motifs is 1. The van der Waals surface area contributed by atoms with Crippen molar-refractivity contribution >= 4 is 16.8 Å². The van der Waals surface area contributed by atoms with Crippen molar-refractivity contribution in [2.24, 2.45) is 0 Å². The molecule has 5 nitrogen and oxygen atoms in total. The number of hydrogen-bond donors (Lipinski definition) is 1. The predicted octanol–water partition coefficient (Wildman–Crippen LogP) is 4.74. The molecule has 1 heterocycles. The maximum Gasteiger partial charge on any atom is 0.258 e. The summed E-state index contributed by atoms with van der Waals surface area (Å²) in [6, 6.07) is 13.5. The van der Waals surface area contributed by atoms with Crippen molar-refractivity contribution in [3.63, 3.8) is 0 Å². The summed E-state index contributed by atoms with van der Waals surface area (Å²) in [5.74, 6) is 0.476. The number of methoxy groups -OCH3 is 1. The molecule has 0 spiro atoms. The van der Waals surface area contributed by atoms with Crippen LogP contribution in [0.5, 0.6) is 5.75 Å². The van der Waals surface area contributed by atoms with Gasteiger partial charge < -0.3 is 14.6 Å². The normalized spacial score (nSPS) is 14.2. The van der Waals surface area contributed by atoms with Crippen molar-refractivity contribution in [3.05, 3.63) is 75.1 Å². The first-order chi connectivity index (χ1) is 14.5. The minimum Gasteiger partial charge on any atom is -0.496 e. The Bertz CT molecular complexity index is 1140. The zero-order valence-electron chi connectivity index (χ0n) is 17.8. The molecule has 0 unspecified atom stereocenters. The number of amides is 1. The highest BCUT2D eigenvalue weighted by atomic mass is 16.5. The summed E-state index contributed by atoms with van der Waals surface area (Å²) < 4.78 is 5.42. The zero-order chi connectivity index (χ0) is 21.3. The van der Waals surface area contributed by atoms with Crippen LogP contribution in [0.15, 0.2) is 47.3 Å². The van der Waals surface area contributed by atoms with E-state index in [2.05, 4.69) is 11.1 Å². The number of nitrogens with zero attached hydrogens (tertiary/aromatic N) is 1. The van der Waals surface area contributed by atoms with Gasteiger partial charge in [0.15, 0.2) is 0 Å². The molecule has 0 radical (unpaired) electrons. The van der Waals surface area contributed by atoms with E-state index >= 15 is 0 Å². The van der Waals surface area contributed by atoms with Gasteiger partial charge in [-0.3, -0.25) is 9.59 Å². The molecular formula is C25H28N2O3. The highest BCUT2D eigenvalue weighted by molar-refractivity contribution is 5.97. The minimum absolute atomic E-state index is 0.0838. The van der Waals surface area contributed by atoms with Crippen LogP contribution in [-0.2, 0) is 6.54 Å². The summed E-state index contributed by atoms with van der Waals surface area (Å²) in [6.45, 7) is 4.36. The highest BCUT2D eigenvalue weighted by Gasteiger charge is 2.29. The van der Waals surface area contributed by atoms with Gasteiger partial charge >= 0.3 is 0 Å². The van der Waals surface area contributed by atoms with E-state index in [0.717, 1.165) is 47.7 Å². The number of aromatic nitrogens is 1. The average molecular weight is 405 g/mol. The topological polar surface area (TPSA) is 62.4 Å². The number of aromatic amines is 1. The van der Waals surface area contributed by atoms with E-state index in [9.17, 15) is 9.59 Å². The van der Waals surface area contributed by atoms with E-state index < -0.39 is 0 Å². The van der Waals surface area contributed by atoms with Gasteiger partial charge in [-0.15, -0.1) is 0 Å². The smallest absolute Gasteiger partial charge is 0.258 e. The van der Waals surface area contributed by atoms with Crippen LogP contribution in [0.1, 0.15) is 52.7 Å². The lowest BCUT2D eigenvalue weighted by Crippen LogP contribution is -2.39. The first kappa shape index (κ1) is 20.2. The fourth-order valence-corrected chi connectivity index (χ4v) is 4.58. The molecule has 4 rings (SSSR count). The van der Waals surface area contributed by atoms with Crippen LogP contribution < -0.4 is 10.3 Å².